The lowest BCUT2D eigenvalue weighted by molar-refractivity contribution is 0.115. The van der Waals surface area contributed by atoms with E-state index in [1.54, 1.807) is 0 Å². The topological polar surface area (TPSA) is 65.0 Å². The molecule has 0 spiro atoms. The SMILES string of the molecule is Cc1ccc(C2=NNC(N3CCN(S(=O)(=O)c4ccc(F)cc4)CC3)c3ccccc32)cc1. The summed E-state index contributed by atoms with van der Waals surface area (Å²) in [6.45, 7) is 3.89. The van der Waals surface area contributed by atoms with Crippen LogP contribution in [0.25, 0.3) is 0 Å². The van der Waals surface area contributed by atoms with Crippen LogP contribution in [0.5, 0.6) is 0 Å². The van der Waals surface area contributed by atoms with Crippen LogP contribution in [0.2, 0.25) is 0 Å². The molecule has 3 aromatic carbocycles. The number of hydrogen-bond acceptors (Lipinski definition) is 5. The van der Waals surface area contributed by atoms with Crippen LogP contribution in [0.4, 0.5) is 4.39 Å². The number of hydrazone groups is 1. The zero-order valence-electron chi connectivity index (χ0n) is 18.3. The number of aryl methyl sites for hydroxylation is 1. The second-order valence-electron chi connectivity index (χ2n) is 8.34. The van der Waals surface area contributed by atoms with Crippen LogP contribution in [-0.4, -0.2) is 49.5 Å². The van der Waals surface area contributed by atoms with Gasteiger partial charge in [-0.1, -0.05) is 54.1 Å². The Morgan fingerprint density at radius 3 is 2.27 bits per heavy atom. The first-order valence-electron chi connectivity index (χ1n) is 10.9. The van der Waals surface area contributed by atoms with Gasteiger partial charge in [-0.05, 0) is 36.8 Å². The van der Waals surface area contributed by atoms with Crippen molar-refractivity contribution in [3.8, 4) is 0 Å². The zero-order chi connectivity index (χ0) is 23.0. The normalized spacial score (nSPS) is 19.5. The number of halogens is 1. The second kappa shape index (κ2) is 8.70. The lowest BCUT2D eigenvalue weighted by atomic mass is 9.94. The molecule has 6 nitrogen and oxygen atoms in total. The van der Waals surface area contributed by atoms with Gasteiger partial charge in [-0.25, -0.2) is 12.8 Å². The summed E-state index contributed by atoms with van der Waals surface area (Å²) in [5.74, 6) is -0.452. The molecular weight excluding hydrogens is 439 g/mol. The molecule has 2 aliphatic rings. The van der Waals surface area contributed by atoms with Crippen molar-refractivity contribution < 1.29 is 12.8 Å². The fraction of sp³-hybridized carbons (Fsp3) is 0.240. The number of fused-ring (bicyclic) bond motifs is 1. The van der Waals surface area contributed by atoms with Gasteiger partial charge in [-0.2, -0.15) is 9.41 Å². The number of piperazine rings is 1. The van der Waals surface area contributed by atoms with Crippen LogP contribution in [0.15, 0.2) is 82.8 Å². The lowest BCUT2D eigenvalue weighted by Crippen LogP contribution is -2.52. The monoisotopic (exact) mass is 464 g/mol. The minimum Gasteiger partial charge on any atom is -0.288 e. The molecule has 0 aromatic heterocycles. The van der Waals surface area contributed by atoms with Crippen molar-refractivity contribution in [1.29, 1.82) is 0 Å². The number of nitrogens with one attached hydrogen (secondary N) is 1. The summed E-state index contributed by atoms with van der Waals surface area (Å²) in [6.07, 6.45) is -0.133. The Kier molecular flexibility index (Phi) is 5.74. The van der Waals surface area contributed by atoms with Crippen molar-refractivity contribution >= 4 is 15.7 Å². The first kappa shape index (κ1) is 21.8. The van der Waals surface area contributed by atoms with Gasteiger partial charge < -0.3 is 0 Å². The molecule has 0 aliphatic carbocycles. The van der Waals surface area contributed by atoms with Gasteiger partial charge in [0.1, 0.15) is 12.0 Å². The average Bonchev–Trinajstić information content (AvgIpc) is 2.84. The van der Waals surface area contributed by atoms with Gasteiger partial charge in [0.05, 0.1) is 10.6 Å². The molecule has 1 N–H and O–H groups in total. The van der Waals surface area contributed by atoms with E-state index in [4.69, 9.17) is 5.10 Å². The van der Waals surface area contributed by atoms with Crippen LogP contribution in [0.1, 0.15) is 28.4 Å². The highest BCUT2D eigenvalue weighted by molar-refractivity contribution is 7.89. The Bertz CT molecular complexity index is 1280. The summed E-state index contributed by atoms with van der Waals surface area (Å²) in [7, 11) is -3.65. The van der Waals surface area contributed by atoms with E-state index in [9.17, 15) is 12.8 Å². The fourth-order valence-corrected chi connectivity index (χ4v) is 5.80. The van der Waals surface area contributed by atoms with Crippen molar-refractivity contribution in [3.63, 3.8) is 0 Å². The number of hydrogen-bond donors (Lipinski definition) is 1. The maximum absolute atomic E-state index is 13.2. The highest BCUT2D eigenvalue weighted by Crippen LogP contribution is 2.30. The zero-order valence-corrected chi connectivity index (χ0v) is 19.1. The Morgan fingerprint density at radius 2 is 1.58 bits per heavy atom. The predicted octanol–water partition coefficient (Wildman–Crippen LogP) is 3.49. The van der Waals surface area contributed by atoms with E-state index in [2.05, 4.69) is 53.6 Å². The number of benzene rings is 3. The van der Waals surface area contributed by atoms with E-state index in [0.29, 0.717) is 26.2 Å². The van der Waals surface area contributed by atoms with E-state index in [-0.39, 0.29) is 11.1 Å². The number of sulfonamides is 1. The number of rotatable bonds is 4. The van der Waals surface area contributed by atoms with Crippen molar-refractivity contribution in [2.45, 2.75) is 18.0 Å². The maximum Gasteiger partial charge on any atom is 0.243 e. The fourth-order valence-electron chi connectivity index (χ4n) is 4.37. The van der Waals surface area contributed by atoms with Crippen LogP contribution in [-0.2, 0) is 10.0 Å². The maximum atomic E-state index is 13.2. The van der Waals surface area contributed by atoms with Crippen LogP contribution >= 0.6 is 0 Å². The van der Waals surface area contributed by atoms with Crippen LogP contribution < -0.4 is 5.43 Å². The molecule has 1 fully saturated rings. The van der Waals surface area contributed by atoms with Crippen LogP contribution in [0.3, 0.4) is 0 Å². The van der Waals surface area contributed by atoms with Gasteiger partial charge in [0.25, 0.3) is 0 Å². The first-order chi connectivity index (χ1) is 15.9. The van der Waals surface area contributed by atoms with Gasteiger partial charge in [0, 0.05) is 37.3 Å². The molecule has 33 heavy (non-hydrogen) atoms. The molecule has 3 aromatic rings. The summed E-state index contributed by atoms with van der Waals surface area (Å²) in [5, 5.41) is 4.71. The average molecular weight is 465 g/mol. The standard InChI is InChI=1S/C25H25FN4O2S/c1-18-6-8-19(9-7-18)24-22-4-2-3-5-23(22)25(28-27-24)29-14-16-30(17-15-29)33(31,32)21-12-10-20(26)11-13-21/h2-13,25,28H,14-17H2,1H3. The Balaban J connectivity index is 1.34. The largest absolute Gasteiger partial charge is 0.288 e. The predicted molar refractivity (Wildman–Crippen MR) is 126 cm³/mol. The third kappa shape index (κ3) is 4.17. The van der Waals surface area contributed by atoms with E-state index in [0.717, 1.165) is 22.4 Å². The Morgan fingerprint density at radius 1 is 0.909 bits per heavy atom. The minimum atomic E-state index is -3.65. The summed E-state index contributed by atoms with van der Waals surface area (Å²) in [4.78, 5) is 2.33. The first-order valence-corrected chi connectivity index (χ1v) is 12.4. The molecule has 5 rings (SSSR count). The highest BCUT2D eigenvalue weighted by atomic mass is 32.2. The third-order valence-corrected chi connectivity index (χ3v) is 8.14. The van der Waals surface area contributed by atoms with Gasteiger partial charge in [0.15, 0.2) is 0 Å². The third-order valence-electron chi connectivity index (χ3n) is 6.22. The minimum absolute atomic E-state index is 0.117. The molecule has 0 radical (unpaired) electrons. The summed E-state index contributed by atoms with van der Waals surface area (Å²) in [6, 6.07) is 21.5. The van der Waals surface area contributed by atoms with E-state index < -0.39 is 15.8 Å². The Hall–Kier alpha value is -3.07. The molecule has 8 heteroatoms. The molecule has 2 aliphatic heterocycles. The van der Waals surface area contributed by atoms with Gasteiger partial charge >= 0.3 is 0 Å². The van der Waals surface area contributed by atoms with Gasteiger partial charge in [0.2, 0.25) is 10.0 Å². The van der Waals surface area contributed by atoms with E-state index >= 15 is 0 Å². The smallest absolute Gasteiger partial charge is 0.243 e. The van der Waals surface area contributed by atoms with E-state index in [1.807, 2.05) is 12.1 Å². The molecular formula is C25H25FN4O2S. The second-order valence-corrected chi connectivity index (χ2v) is 10.3. The van der Waals surface area contributed by atoms with Crippen molar-refractivity contribution in [1.82, 2.24) is 14.6 Å². The molecule has 2 heterocycles. The summed E-state index contributed by atoms with van der Waals surface area (Å²) < 4.78 is 40.6. The highest BCUT2D eigenvalue weighted by Gasteiger charge is 2.34. The van der Waals surface area contributed by atoms with Crippen molar-refractivity contribution in [3.05, 3.63) is 101 Å². The molecule has 0 bridgehead atoms. The van der Waals surface area contributed by atoms with E-state index in [1.165, 1.54) is 34.1 Å². The van der Waals surface area contributed by atoms with Gasteiger partial charge in [-0.15, -0.1) is 0 Å². The summed E-state index contributed by atoms with van der Waals surface area (Å²) >= 11 is 0. The molecule has 1 atom stereocenters. The molecule has 1 saturated heterocycles. The molecule has 0 saturated carbocycles. The number of nitrogens with zero attached hydrogens (tertiary/aromatic N) is 3. The molecule has 1 unspecified atom stereocenters. The van der Waals surface area contributed by atoms with Crippen LogP contribution in [0, 0.1) is 12.7 Å². The van der Waals surface area contributed by atoms with Crippen molar-refractivity contribution in [2.24, 2.45) is 5.10 Å². The summed E-state index contributed by atoms with van der Waals surface area (Å²) in [5.41, 5.74) is 8.65. The molecule has 0 amide bonds. The Labute approximate surface area is 193 Å². The quantitative estimate of drug-likeness (QED) is 0.642. The lowest BCUT2D eigenvalue weighted by Gasteiger charge is -2.40. The van der Waals surface area contributed by atoms with Crippen molar-refractivity contribution in [2.75, 3.05) is 26.2 Å². The molecule has 170 valence electrons. The van der Waals surface area contributed by atoms with Gasteiger partial charge in [-0.3, -0.25) is 10.3 Å².